The Morgan fingerprint density at radius 2 is 1.63 bits per heavy atom. The third-order valence-electron chi connectivity index (χ3n) is 4.90. The SMILES string of the molecule is COc1ccc(C(=O)Nc2ccc(N3C(=O)c4ccc(Cl)cc4C3=O)c(C)c2)cc1. The highest BCUT2D eigenvalue weighted by atomic mass is 35.5. The number of methoxy groups -OCH3 is 1. The van der Waals surface area contributed by atoms with Crippen molar-refractivity contribution in [2.75, 3.05) is 17.3 Å². The Hall–Kier alpha value is -3.64. The summed E-state index contributed by atoms with van der Waals surface area (Å²) >= 11 is 5.97. The first-order valence-electron chi connectivity index (χ1n) is 9.13. The molecular formula is C23H17ClN2O4. The minimum absolute atomic E-state index is 0.278. The van der Waals surface area contributed by atoms with Crippen molar-refractivity contribution in [1.29, 1.82) is 0 Å². The Bertz CT molecular complexity index is 1190. The first-order valence-corrected chi connectivity index (χ1v) is 9.51. The van der Waals surface area contributed by atoms with E-state index in [4.69, 9.17) is 16.3 Å². The molecule has 0 fully saturated rings. The summed E-state index contributed by atoms with van der Waals surface area (Å²) in [5.74, 6) is -0.436. The Labute approximate surface area is 178 Å². The topological polar surface area (TPSA) is 75.7 Å². The fourth-order valence-electron chi connectivity index (χ4n) is 3.36. The van der Waals surface area contributed by atoms with Crippen LogP contribution in [0.5, 0.6) is 5.75 Å². The average Bonchev–Trinajstić information content (AvgIpc) is 2.98. The predicted molar refractivity (Wildman–Crippen MR) is 115 cm³/mol. The van der Waals surface area contributed by atoms with E-state index in [0.29, 0.717) is 38.8 Å². The van der Waals surface area contributed by atoms with Crippen LogP contribution in [-0.4, -0.2) is 24.8 Å². The van der Waals surface area contributed by atoms with Gasteiger partial charge < -0.3 is 10.1 Å². The van der Waals surface area contributed by atoms with Gasteiger partial charge in [0.2, 0.25) is 0 Å². The number of halogens is 1. The molecule has 0 radical (unpaired) electrons. The molecule has 0 aromatic heterocycles. The van der Waals surface area contributed by atoms with Gasteiger partial charge in [0.15, 0.2) is 0 Å². The predicted octanol–water partition coefficient (Wildman–Crippen LogP) is 4.71. The Kier molecular flexibility index (Phi) is 5.01. The number of fused-ring (bicyclic) bond motifs is 1. The van der Waals surface area contributed by atoms with Crippen LogP contribution in [-0.2, 0) is 0 Å². The first kappa shape index (κ1) is 19.7. The number of aryl methyl sites for hydroxylation is 1. The van der Waals surface area contributed by atoms with Crippen LogP contribution < -0.4 is 15.0 Å². The van der Waals surface area contributed by atoms with Crippen molar-refractivity contribution in [1.82, 2.24) is 0 Å². The van der Waals surface area contributed by atoms with Crippen LogP contribution in [0.15, 0.2) is 60.7 Å². The molecule has 1 aliphatic rings. The van der Waals surface area contributed by atoms with Gasteiger partial charge in [-0.25, -0.2) is 4.90 Å². The molecule has 3 amide bonds. The zero-order valence-corrected chi connectivity index (χ0v) is 17.0. The molecule has 0 aliphatic carbocycles. The Morgan fingerprint density at radius 1 is 0.933 bits per heavy atom. The molecule has 30 heavy (non-hydrogen) atoms. The van der Waals surface area contributed by atoms with Crippen molar-refractivity contribution < 1.29 is 19.1 Å². The molecular weight excluding hydrogens is 404 g/mol. The third-order valence-corrected chi connectivity index (χ3v) is 5.13. The van der Waals surface area contributed by atoms with Crippen molar-refractivity contribution in [3.63, 3.8) is 0 Å². The van der Waals surface area contributed by atoms with Gasteiger partial charge >= 0.3 is 0 Å². The number of carbonyl (C=O) groups excluding carboxylic acids is 3. The van der Waals surface area contributed by atoms with Gasteiger partial charge in [-0.3, -0.25) is 14.4 Å². The van der Waals surface area contributed by atoms with E-state index >= 15 is 0 Å². The fraction of sp³-hybridized carbons (Fsp3) is 0.0870. The summed E-state index contributed by atoms with van der Waals surface area (Å²) in [6.45, 7) is 1.77. The van der Waals surface area contributed by atoms with E-state index in [9.17, 15) is 14.4 Å². The minimum atomic E-state index is -0.421. The Morgan fingerprint density at radius 3 is 2.30 bits per heavy atom. The van der Waals surface area contributed by atoms with Crippen molar-refractivity contribution in [3.05, 3.63) is 87.9 Å². The zero-order chi connectivity index (χ0) is 21.4. The number of hydrogen-bond acceptors (Lipinski definition) is 4. The number of ether oxygens (including phenoxy) is 1. The zero-order valence-electron chi connectivity index (χ0n) is 16.2. The van der Waals surface area contributed by atoms with Gasteiger partial charge in [0.05, 0.1) is 23.9 Å². The fourth-order valence-corrected chi connectivity index (χ4v) is 3.53. The van der Waals surface area contributed by atoms with Crippen molar-refractivity contribution >= 4 is 40.7 Å². The molecule has 7 heteroatoms. The highest BCUT2D eigenvalue weighted by Crippen LogP contribution is 2.33. The molecule has 1 heterocycles. The van der Waals surface area contributed by atoms with Gasteiger partial charge in [-0.15, -0.1) is 0 Å². The maximum atomic E-state index is 12.8. The second-order valence-electron chi connectivity index (χ2n) is 6.82. The lowest BCUT2D eigenvalue weighted by Gasteiger charge is -2.17. The molecule has 0 saturated carbocycles. The standard InChI is InChI=1S/C23H17ClN2O4/c1-13-11-16(25-21(27)14-3-7-17(30-2)8-4-14)6-10-20(13)26-22(28)18-9-5-15(24)12-19(18)23(26)29/h3-12H,1-2H3,(H,25,27). The number of imide groups is 1. The summed E-state index contributed by atoms with van der Waals surface area (Å²) in [5, 5.41) is 3.21. The molecule has 1 N–H and O–H groups in total. The number of hydrogen-bond donors (Lipinski definition) is 1. The number of amides is 3. The number of anilines is 2. The van der Waals surface area contributed by atoms with Crippen molar-refractivity contribution in [2.45, 2.75) is 6.92 Å². The maximum Gasteiger partial charge on any atom is 0.266 e. The molecule has 0 spiro atoms. The minimum Gasteiger partial charge on any atom is -0.497 e. The summed E-state index contributed by atoms with van der Waals surface area (Å²) in [7, 11) is 1.56. The lowest BCUT2D eigenvalue weighted by molar-refractivity contribution is 0.0924. The van der Waals surface area contributed by atoms with Gasteiger partial charge in [-0.05, 0) is 73.2 Å². The number of nitrogens with zero attached hydrogens (tertiary/aromatic N) is 1. The highest BCUT2D eigenvalue weighted by molar-refractivity contribution is 6.37. The van der Waals surface area contributed by atoms with Crippen molar-refractivity contribution in [3.8, 4) is 5.75 Å². The van der Waals surface area contributed by atoms with Gasteiger partial charge in [0, 0.05) is 16.3 Å². The first-order chi connectivity index (χ1) is 14.4. The maximum absolute atomic E-state index is 12.8. The quantitative estimate of drug-likeness (QED) is 0.620. The van der Waals surface area contributed by atoms with Gasteiger partial charge in [-0.1, -0.05) is 11.6 Å². The van der Waals surface area contributed by atoms with Gasteiger partial charge in [-0.2, -0.15) is 0 Å². The third kappa shape index (κ3) is 3.42. The lowest BCUT2D eigenvalue weighted by atomic mass is 10.1. The molecule has 3 aromatic carbocycles. The van der Waals surface area contributed by atoms with Crippen LogP contribution in [0.4, 0.5) is 11.4 Å². The molecule has 4 rings (SSSR count). The number of benzene rings is 3. The van der Waals surface area contributed by atoms with E-state index in [1.165, 1.54) is 6.07 Å². The normalized spacial score (nSPS) is 12.7. The number of rotatable bonds is 4. The van der Waals surface area contributed by atoms with E-state index < -0.39 is 11.8 Å². The molecule has 0 saturated heterocycles. The molecule has 0 bridgehead atoms. The van der Waals surface area contributed by atoms with Gasteiger partial charge in [0.25, 0.3) is 17.7 Å². The lowest BCUT2D eigenvalue weighted by Crippen LogP contribution is -2.30. The summed E-state index contributed by atoms with van der Waals surface area (Å²) in [6, 6.07) is 16.4. The second-order valence-corrected chi connectivity index (χ2v) is 7.26. The number of carbonyl (C=O) groups is 3. The summed E-state index contributed by atoms with van der Waals surface area (Å²) in [6.07, 6.45) is 0. The van der Waals surface area contributed by atoms with Crippen LogP contribution in [0.1, 0.15) is 36.6 Å². The number of nitrogens with one attached hydrogen (secondary N) is 1. The molecule has 0 unspecified atom stereocenters. The van der Waals surface area contributed by atoms with Crippen LogP contribution in [0.25, 0.3) is 0 Å². The van der Waals surface area contributed by atoms with E-state index in [0.717, 1.165) is 4.90 Å². The summed E-state index contributed by atoms with van der Waals surface area (Å²) < 4.78 is 5.09. The van der Waals surface area contributed by atoms with E-state index in [1.54, 1.807) is 68.6 Å². The molecule has 0 atom stereocenters. The summed E-state index contributed by atoms with van der Waals surface area (Å²) in [5.41, 5.74) is 2.76. The van der Waals surface area contributed by atoms with Crippen LogP contribution in [0.3, 0.4) is 0 Å². The highest BCUT2D eigenvalue weighted by Gasteiger charge is 2.37. The van der Waals surface area contributed by atoms with Crippen LogP contribution in [0, 0.1) is 6.92 Å². The molecule has 3 aromatic rings. The van der Waals surface area contributed by atoms with E-state index in [-0.39, 0.29) is 11.5 Å². The average molecular weight is 421 g/mol. The van der Waals surface area contributed by atoms with Crippen LogP contribution in [0.2, 0.25) is 5.02 Å². The van der Waals surface area contributed by atoms with E-state index in [2.05, 4.69) is 5.32 Å². The van der Waals surface area contributed by atoms with Crippen LogP contribution >= 0.6 is 11.6 Å². The summed E-state index contributed by atoms with van der Waals surface area (Å²) in [4.78, 5) is 39.1. The van der Waals surface area contributed by atoms with E-state index in [1.807, 2.05) is 0 Å². The molecule has 6 nitrogen and oxygen atoms in total. The smallest absolute Gasteiger partial charge is 0.266 e. The van der Waals surface area contributed by atoms with Crippen molar-refractivity contribution in [2.24, 2.45) is 0 Å². The monoisotopic (exact) mass is 420 g/mol. The molecule has 1 aliphatic heterocycles. The van der Waals surface area contributed by atoms with Gasteiger partial charge in [0.1, 0.15) is 5.75 Å². The molecule has 150 valence electrons. The second kappa shape index (κ2) is 7.65. The largest absolute Gasteiger partial charge is 0.497 e. The Balaban J connectivity index is 1.57.